The largest absolute Gasteiger partial charge is 0.329 e. The van der Waals surface area contributed by atoms with Gasteiger partial charge in [0.2, 0.25) is 0 Å². The van der Waals surface area contributed by atoms with Crippen LogP contribution in [0.15, 0.2) is 48.8 Å². The second kappa shape index (κ2) is 6.06. The van der Waals surface area contributed by atoms with Gasteiger partial charge in [0.05, 0.1) is 27.4 Å². The molecule has 108 valence electrons. The molecule has 0 amide bonds. The predicted molar refractivity (Wildman–Crippen MR) is 87.9 cm³/mol. The molecule has 1 heterocycles. The molecule has 0 radical (unpaired) electrons. The van der Waals surface area contributed by atoms with Crippen molar-refractivity contribution in [3.63, 3.8) is 0 Å². The second-order valence-electron chi connectivity index (χ2n) is 5.10. The quantitative estimate of drug-likeness (QED) is 0.792. The van der Waals surface area contributed by atoms with Crippen LogP contribution in [0.25, 0.3) is 11.0 Å². The summed E-state index contributed by atoms with van der Waals surface area (Å²) in [6.07, 6.45) is 2.57. The molecule has 0 fully saturated rings. The van der Waals surface area contributed by atoms with Crippen molar-refractivity contribution in [1.29, 1.82) is 0 Å². The number of aromatic nitrogens is 2. The lowest BCUT2D eigenvalue weighted by Crippen LogP contribution is -2.28. The van der Waals surface area contributed by atoms with Crippen molar-refractivity contribution in [3.8, 4) is 0 Å². The minimum absolute atomic E-state index is 0.0140. The summed E-state index contributed by atoms with van der Waals surface area (Å²) in [5, 5.41) is 1.13. The highest BCUT2D eigenvalue weighted by Gasteiger charge is 2.09. The maximum Gasteiger partial charge on any atom is 0.0958 e. The first-order valence-electron chi connectivity index (χ1n) is 6.73. The molecule has 0 aliphatic heterocycles. The van der Waals surface area contributed by atoms with Crippen LogP contribution < -0.4 is 5.73 Å². The van der Waals surface area contributed by atoms with Gasteiger partial charge in [0, 0.05) is 12.6 Å². The topological polar surface area (TPSA) is 43.8 Å². The van der Waals surface area contributed by atoms with E-state index in [1.54, 1.807) is 6.07 Å². The highest BCUT2D eigenvalue weighted by Crippen LogP contribution is 2.23. The summed E-state index contributed by atoms with van der Waals surface area (Å²) in [4.78, 5) is 4.37. The monoisotopic (exact) mass is 319 g/mol. The fourth-order valence-electron chi connectivity index (χ4n) is 2.44. The Labute approximate surface area is 133 Å². The lowest BCUT2D eigenvalue weighted by Gasteiger charge is -2.13. The fourth-order valence-corrected chi connectivity index (χ4v) is 2.76. The van der Waals surface area contributed by atoms with Crippen molar-refractivity contribution >= 4 is 34.2 Å². The van der Waals surface area contributed by atoms with E-state index in [1.165, 1.54) is 0 Å². The van der Waals surface area contributed by atoms with Crippen molar-refractivity contribution in [2.75, 3.05) is 0 Å². The molecule has 21 heavy (non-hydrogen) atoms. The number of rotatable bonds is 4. The summed E-state index contributed by atoms with van der Waals surface area (Å²) in [5.41, 5.74) is 9.42. The SMILES string of the molecule is NC(Cc1ccc(Cl)c(Cl)c1)Cn1cnc2ccccc21. The maximum absolute atomic E-state index is 6.25. The molecular formula is C16H15Cl2N3. The molecule has 0 spiro atoms. The normalized spacial score (nSPS) is 12.7. The third-order valence-corrected chi connectivity index (χ3v) is 4.18. The van der Waals surface area contributed by atoms with E-state index in [1.807, 2.05) is 42.7 Å². The smallest absolute Gasteiger partial charge is 0.0958 e. The number of hydrogen-bond donors (Lipinski definition) is 1. The molecular weight excluding hydrogens is 305 g/mol. The summed E-state index contributed by atoms with van der Waals surface area (Å²) >= 11 is 12.0. The van der Waals surface area contributed by atoms with Crippen LogP contribution in [0.3, 0.4) is 0 Å². The highest BCUT2D eigenvalue weighted by atomic mass is 35.5. The minimum Gasteiger partial charge on any atom is -0.329 e. The van der Waals surface area contributed by atoms with Gasteiger partial charge in [0.15, 0.2) is 0 Å². The first kappa shape index (κ1) is 14.4. The van der Waals surface area contributed by atoms with Crippen LogP contribution in [0.5, 0.6) is 0 Å². The highest BCUT2D eigenvalue weighted by molar-refractivity contribution is 6.42. The van der Waals surface area contributed by atoms with Crippen molar-refractivity contribution in [1.82, 2.24) is 9.55 Å². The predicted octanol–water partition coefficient (Wildman–Crippen LogP) is 3.91. The molecule has 0 saturated carbocycles. The van der Waals surface area contributed by atoms with Gasteiger partial charge < -0.3 is 10.3 Å². The number of halogens is 2. The number of para-hydroxylation sites is 2. The van der Waals surface area contributed by atoms with Crippen LogP contribution in [0, 0.1) is 0 Å². The van der Waals surface area contributed by atoms with Gasteiger partial charge in [0.25, 0.3) is 0 Å². The molecule has 0 aliphatic carbocycles. The molecule has 3 rings (SSSR count). The maximum atomic E-state index is 6.25. The zero-order valence-electron chi connectivity index (χ0n) is 11.3. The van der Waals surface area contributed by atoms with Gasteiger partial charge in [0.1, 0.15) is 0 Å². The Kier molecular flexibility index (Phi) is 4.15. The third-order valence-electron chi connectivity index (χ3n) is 3.44. The Balaban J connectivity index is 1.74. The number of benzene rings is 2. The van der Waals surface area contributed by atoms with Crippen LogP contribution in [-0.2, 0) is 13.0 Å². The van der Waals surface area contributed by atoms with E-state index in [-0.39, 0.29) is 6.04 Å². The van der Waals surface area contributed by atoms with Crippen molar-refractivity contribution in [2.45, 2.75) is 19.0 Å². The van der Waals surface area contributed by atoms with E-state index in [0.29, 0.717) is 16.6 Å². The van der Waals surface area contributed by atoms with Gasteiger partial charge in [-0.25, -0.2) is 4.98 Å². The van der Waals surface area contributed by atoms with Gasteiger partial charge in [-0.1, -0.05) is 41.4 Å². The van der Waals surface area contributed by atoms with Crippen LogP contribution >= 0.6 is 23.2 Å². The molecule has 3 nitrogen and oxygen atoms in total. The van der Waals surface area contributed by atoms with Crippen molar-refractivity contribution in [2.24, 2.45) is 5.73 Å². The first-order chi connectivity index (χ1) is 10.1. The minimum atomic E-state index is -0.0140. The van der Waals surface area contributed by atoms with Gasteiger partial charge in [-0.2, -0.15) is 0 Å². The Bertz CT molecular complexity index is 767. The van der Waals surface area contributed by atoms with Crippen LogP contribution in [0.2, 0.25) is 10.0 Å². The molecule has 0 aliphatic rings. The van der Waals surface area contributed by atoms with E-state index in [9.17, 15) is 0 Å². The van der Waals surface area contributed by atoms with Crippen molar-refractivity contribution in [3.05, 3.63) is 64.4 Å². The van der Waals surface area contributed by atoms with Crippen LogP contribution in [0.4, 0.5) is 0 Å². The van der Waals surface area contributed by atoms with E-state index in [0.717, 1.165) is 23.0 Å². The standard InChI is InChI=1S/C16H15Cl2N3/c17-13-6-5-11(8-14(13)18)7-12(19)9-21-10-20-15-3-1-2-4-16(15)21/h1-6,8,10,12H,7,9,19H2. The fraction of sp³-hybridized carbons (Fsp3) is 0.188. The Morgan fingerprint density at radius 1 is 1.10 bits per heavy atom. The van der Waals surface area contributed by atoms with Gasteiger partial charge in [-0.05, 0) is 36.2 Å². The molecule has 1 atom stereocenters. The summed E-state index contributed by atoms with van der Waals surface area (Å²) in [6.45, 7) is 0.709. The number of hydrogen-bond acceptors (Lipinski definition) is 2. The Morgan fingerprint density at radius 3 is 2.71 bits per heavy atom. The van der Waals surface area contributed by atoms with Gasteiger partial charge in [-0.15, -0.1) is 0 Å². The molecule has 3 aromatic rings. The summed E-state index contributed by atoms with van der Waals surface area (Å²) < 4.78 is 2.08. The van der Waals surface area contributed by atoms with E-state index < -0.39 is 0 Å². The number of nitrogens with two attached hydrogens (primary N) is 1. The Hall–Kier alpha value is -1.55. The lowest BCUT2D eigenvalue weighted by molar-refractivity contribution is 0.559. The molecule has 0 saturated heterocycles. The molecule has 0 bridgehead atoms. The van der Waals surface area contributed by atoms with E-state index in [2.05, 4.69) is 9.55 Å². The molecule has 1 aromatic heterocycles. The average Bonchev–Trinajstić information content (AvgIpc) is 2.86. The number of nitrogens with zero attached hydrogens (tertiary/aromatic N) is 2. The van der Waals surface area contributed by atoms with Gasteiger partial charge >= 0.3 is 0 Å². The number of imidazole rings is 1. The third kappa shape index (κ3) is 3.21. The second-order valence-corrected chi connectivity index (χ2v) is 5.91. The zero-order chi connectivity index (χ0) is 14.8. The van der Waals surface area contributed by atoms with Crippen LogP contribution in [0.1, 0.15) is 5.56 Å². The summed E-state index contributed by atoms with van der Waals surface area (Å²) in [5.74, 6) is 0. The van der Waals surface area contributed by atoms with Crippen LogP contribution in [-0.4, -0.2) is 15.6 Å². The average molecular weight is 320 g/mol. The molecule has 5 heteroatoms. The van der Waals surface area contributed by atoms with Gasteiger partial charge in [-0.3, -0.25) is 0 Å². The molecule has 2 N–H and O–H groups in total. The summed E-state index contributed by atoms with van der Waals surface area (Å²) in [6, 6.07) is 13.7. The molecule has 1 unspecified atom stereocenters. The molecule has 2 aromatic carbocycles. The summed E-state index contributed by atoms with van der Waals surface area (Å²) in [7, 11) is 0. The zero-order valence-corrected chi connectivity index (χ0v) is 12.8. The van der Waals surface area contributed by atoms with E-state index in [4.69, 9.17) is 28.9 Å². The van der Waals surface area contributed by atoms with E-state index >= 15 is 0 Å². The Morgan fingerprint density at radius 2 is 1.90 bits per heavy atom. The first-order valence-corrected chi connectivity index (χ1v) is 7.48. The lowest BCUT2D eigenvalue weighted by atomic mass is 10.1. The van der Waals surface area contributed by atoms with Crippen molar-refractivity contribution < 1.29 is 0 Å². The number of fused-ring (bicyclic) bond motifs is 1.